The Kier molecular flexibility index (Phi) is 2.68. The summed E-state index contributed by atoms with van der Waals surface area (Å²) >= 11 is 3.36. The molecule has 1 atom stereocenters. The first-order valence-corrected chi connectivity index (χ1v) is 6.29. The Morgan fingerprint density at radius 1 is 1.29 bits per heavy atom. The summed E-state index contributed by atoms with van der Waals surface area (Å²) in [5, 5.41) is 0. The molecule has 0 aliphatic carbocycles. The van der Waals surface area contributed by atoms with Crippen LogP contribution in [0.5, 0.6) is 5.75 Å². The van der Waals surface area contributed by atoms with Crippen molar-refractivity contribution >= 4 is 15.9 Å². The number of hydrogen-bond acceptors (Lipinski definition) is 3. The molecule has 0 saturated heterocycles. The van der Waals surface area contributed by atoms with Crippen LogP contribution >= 0.6 is 15.9 Å². The van der Waals surface area contributed by atoms with E-state index in [1.807, 2.05) is 18.2 Å². The van der Waals surface area contributed by atoms with Gasteiger partial charge in [-0.3, -0.25) is 0 Å². The smallest absolute Gasteiger partial charge is 0.174 e. The normalized spacial score (nSPS) is 15.4. The van der Waals surface area contributed by atoms with Crippen molar-refractivity contribution in [2.75, 3.05) is 6.61 Å². The highest BCUT2D eigenvalue weighted by atomic mass is 79.9. The van der Waals surface area contributed by atoms with Gasteiger partial charge in [-0.05, 0) is 39.2 Å². The summed E-state index contributed by atoms with van der Waals surface area (Å²) in [4.78, 5) is 0. The van der Waals surface area contributed by atoms with Gasteiger partial charge in [0, 0.05) is 12.0 Å². The number of halogens is 1. The third-order valence-corrected chi connectivity index (χ3v) is 3.70. The predicted molar refractivity (Wildman–Crippen MR) is 68.1 cm³/mol. The van der Waals surface area contributed by atoms with E-state index in [2.05, 4.69) is 22.0 Å². The van der Waals surface area contributed by atoms with Crippen molar-refractivity contribution in [3.8, 4) is 5.75 Å². The molecular weight excluding hydrogens is 282 g/mol. The van der Waals surface area contributed by atoms with Gasteiger partial charge in [0.1, 0.15) is 5.75 Å². The molecule has 2 heterocycles. The van der Waals surface area contributed by atoms with Crippen LogP contribution in [-0.4, -0.2) is 6.61 Å². The van der Waals surface area contributed by atoms with E-state index in [9.17, 15) is 0 Å². The van der Waals surface area contributed by atoms with E-state index in [0.29, 0.717) is 4.67 Å². The first-order chi connectivity index (χ1) is 8.25. The zero-order valence-electron chi connectivity index (χ0n) is 9.15. The minimum absolute atomic E-state index is 0.172. The van der Waals surface area contributed by atoms with Gasteiger partial charge in [-0.1, -0.05) is 12.1 Å². The fraction of sp³-hybridized carbons (Fsp3) is 0.231. The molecule has 0 radical (unpaired) electrons. The van der Waals surface area contributed by atoms with E-state index >= 15 is 0 Å². The van der Waals surface area contributed by atoms with Crippen LogP contribution < -0.4 is 10.5 Å². The van der Waals surface area contributed by atoms with Crippen LogP contribution in [0.2, 0.25) is 0 Å². The standard InChI is InChI=1S/C13H12BrNO2/c14-13-10(4-6-17-13)12(15)9-1-2-11-8(7-9)3-5-16-11/h1-2,4,6-7,12H,3,5,15H2. The molecule has 1 unspecified atom stereocenters. The Morgan fingerprint density at radius 3 is 2.94 bits per heavy atom. The van der Waals surface area contributed by atoms with Crippen LogP contribution in [0, 0.1) is 0 Å². The van der Waals surface area contributed by atoms with Crippen LogP contribution in [0.4, 0.5) is 0 Å². The molecule has 0 bridgehead atoms. The lowest BCUT2D eigenvalue weighted by Crippen LogP contribution is -2.11. The third-order valence-electron chi connectivity index (χ3n) is 3.05. The minimum atomic E-state index is -0.172. The van der Waals surface area contributed by atoms with Crippen LogP contribution in [-0.2, 0) is 6.42 Å². The monoisotopic (exact) mass is 293 g/mol. The first kappa shape index (κ1) is 10.9. The summed E-state index contributed by atoms with van der Waals surface area (Å²) in [6.45, 7) is 0.767. The fourth-order valence-electron chi connectivity index (χ4n) is 2.11. The van der Waals surface area contributed by atoms with Gasteiger partial charge in [0.15, 0.2) is 4.67 Å². The largest absolute Gasteiger partial charge is 0.493 e. The van der Waals surface area contributed by atoms with Gasteiger partial charge < -0.3 is 14.9 Å². The van der Waals surface area contributed by atoms with E-state index in [4.69, 9.17) is 14.9 Å². The lowest BCUT2D eigenvalue weighted by atomic mass is 9.99. The molecule has 2 aromatic rings. The number of ether oxygens (including phenoxy) is 1. The Morgan fingerprint density at radius 2 is 2.18 bits per heavy atom. The van der Waals surface area contributed by atoms with Gasteiger partial charge in [-0.2, -0.15) is 0 Å². The van der Waals surface area contributed by atoms with Crippen LogP contribution in [0.25, 0.3) is 0 Å². The molecule has 1 aliphatic rings. The van der Waals surface area contributed by atoms with Crippen LogP contribution in [0.1, 0.15) is 22.7 Å². The molecule has 2 N–H and O–H groups in total. The summed E-state index contributed by atoms with van der Waals surface area (Å²) in [5.41, 5.74) is 9.50. The van der Waals surface area contributed by atoms with Crippen molar-refractivity contribution in [1.29, 1.82) is 0 Å². The second kappa shape index (κ2) is 4.20. The Hall–Kier alpha value is -1.26. The van der Waals surface area contributed by atoms with Crippen LogP contribution in [0.15, 0.2) is 39.6 Å². The zero-order valence-corrected chi connectivity index (χ0v) is 10.7. The molecule has 0 fully saturated rings. The molecule has 1 aliphatic heterocycles. The van der Waals surface area contributed by atoms with Gasteiger partial charge >= 0.3 is 0 Å². The van der Waals surface area contributed by atoms with Gasteiger partial charge in [0.2, 0.25) is 0 Å². The van der Waals surface area contributed by atoms with Gasteiger partial charge in [0.05, 0.1) is 18.9 Å². The molecule has 1 aromatic carbocycles. The summed E-state index contributed by atoms with van der Waals surface area (Å²) < 4.78 is 11.4. The maximum absolute atomic E-state index is 6.22. The molecule has 0 saturated carbocycles. The van der Waals surface area contributed by atoms with E-state index in [0.717, 1.165) is 29.9 Å². The van der Waals surface area contributed by atoms with E-state index in [1.54, 1.807) is 6.26 Å². The highest BCUT2D eigenvalue weighted by Crippen LogP contribution is 2.32. The maximum Gasteiger partial charge on any atom is 0.174 e. The SMILES string of the molecule is NC(c1ccc2c(c1)CCO2)c1ccoc1Br. The number of benzene rings is 1. The fourth-order valence-corrected chi connectivity index (χ4v) is 2.59. The topological polar surface area (TPSA) is 48.4 Å². The van der Waals surface area contributed by atoms with Crippen molar-refractivity contribution in [2.24, 2.45) is 5.73 Å². The summed E-state index contributed by atoms with van der Waals surface area (Å²) in [7, 11) is 0. The molecule has 88 valence electrons. The molecule has 0 amide bonds. The van der Waals surface area contributed by atoms with Crippen molar-refractivity contribution in [3.63, 3.8) is 0 Å². The molecular formula is C13H12BrNO2. The number of furan rings is 1. The van der Waals surface area contributed by atoms with Crippen molar-refractivity contribution in [1.82, 2.24) is 0 Å². The number of fused-ring (bicyclic) bond motifs is 1. The second-order valence-corrected chi connectivity index (χ2v) is 4.81. The molecule has 1 aromatic heterocycles. The van der Waals surface area contributed by atoms with Crippen LogP contribution in [0.3, 0.4) is 0 Å². The number of nitrogens with two attached hydrogens (primary N) is 1. The average Bonchev–Trinajstić information content (AvgIpc) is 2.95. The first-order valence-electron chi connectivity index (χ1n) is 5.50. The van der Waals surface area contributed by atoms with Crippen molar-refractivity contribution in [2.45, 2.75) is 12.5 Å². The lowest BCUT2D eigenvalue weighted by Gasteiger charge is -2.11. The van der Waals surface area contributed by atoms with E-state index in [1.165, 1.54) is 5.56 Å². The molecule has 3 nitrogen and oxygen atoms in total. The summed E-state index contributed by atoms with van der Waals surface area (Å²) in [6, 6.07) is 7.83. The molecule has 3 rings (SSSR count). The van der Waals surface area contributed by atoms with Gasteiger partial charge in [-0.15, -0.1) is 0 Å². The van der Waals surface area contributed by atoms with Crippen molar-refractivity contribution in [3.05, 3.63) is 51.9 Å². The average molecular weight is 294 g/mol. The highest BCUT2D eigenvalue weighted by molar-refractivity contribution is 9.10. The number of hydrogen-bond donors (Lipinski definition) is 1. The predicted octanol–water partition coefficient (Wildman–Crippen LogP) is 3.03. The Balaban J connectivity index is 1.97. The quantitative estimate of drug-likeness (QED) is 0.926. The molecule has 4 heteroatoms. The van der Waals surface area contributed by atoms with Gasteiger partial charge in [0.25, 0.3) is 0 Å². The zero-order chi connectivity index (χ0) is 11.8. The lowest BCUT2D eigenvalue weighted by molar-refractivity contribution is 0.357. The Bertz CT molecular complexity index is 550. The maximum atomic E-state index is 6.22. The minimum Gasteiger partial charge on any atom is -0.493 e. The van der Waals surface area contributed by atoms with Crippen molar-refractivity contribution < 1.29 is 9.15 Å². The highest BCUT2D eigenvalue weighted by Gasteiger charge is 2.18. The molecule has 0 spiro atoms. The van der Waals surface area contributed by atoms with Gasteiger partial charge in [-0.25, -0.2) is 0 Å². The summed E-state index contributed by atoms with van der Waals surface area (Å²) in [5.74, 6) is 0.979. The third kappa shape index (κ3) is 1.87. The second-order valence-electron chi connectivity index (χ2n) is 4.09. The van der Waals surface area contributed by atoms with E-state index < -0.39 is 0 Å². The summed E-state index contributed by atoms with van der Waals surface area (Å²) in [6.07, 6.45) is 2.60. The Labute approximate surface area is 108 Å². The molecule has 17 heavy (non-hydrogen) atoms. The van der Waals surface area contributed by atoms with E-state index in [-0.39, 0.29) is 6.04 Å². The number of rotatable bonds is 2.